The standard InChI is InChI=1S/C8H9Cl2NO2S/c9-5-1-7(10)8(11-2-5)14-4-6(13)3-12/h1-2,6,12-13H,3-4H2. The van der Waals surface area contributed by atoms with Crippen LogP contribution in [0.15, 0.2) is 17.3 Å². The van der Waals surface area contributed by atoms with Crippen molar-refractivity contribution in [1.82, 2.24) is 4.98 Å². The summed E-state index contributed by atoms with van der Waals surface area (Å²) in [5, 5.41) is 19.2. The van der Waals surface area contributed by atoms with Gasteiger partial charge in [0, 0.05) is 11.9 Å². The van der Waals surface area contributed by atoms with Gasteiger partial charge < -0.3 is 10.2 Å². The highest BCUT2D eigenvalue weighted by molar-refractivity contribution is 7.99. The van der Waals surface area contributed by atoms with E-state index in [0.29, 0.717) is 20.8 Å². The number of rotatable bonds is 4. The Hall–Kier alpha value is -0.000000000000000111. The first kappa shape index (κ1) is 12.1. The Kier molecular flexibility index (Phi) is 4.98. The fourth-order valence-corrected chi connectivity index (χ4v) is 2.06. The van der Waals surface area contributed by atoms with Crippen LogP contribution < -0.4 is 0 Å². The molecule has 0 saturated carbocycles. The Balaban J connectivity index is 2.59. The van der Waals surface area contributed by atoms with Crippen molar-refractivity contribution in [2.75, 3.05) is 12.4 Å². The van der Waals surface area contributed by atoms with Gasteiger partial charge in [0.05, 0.1) is 22.8 Å². The lowest BCUT2D eigenvalue weighted by atomic mass is 10.4. The molecule has 0 aliphatic rings. The average molecular weight is 254 g/mol. The van der Waals surface area contributed by atoms with E-state index in [-0.39, 0.29) is 6.61 Å². The van der Waals surface area contributed by atoms with Crippen LogP contribution in [0, 0.1) is 0 Å². The molecule has 0 aromatic carbocycles. The van der Waals surface area contributed by atoms with Gasteiger partial charge in [0.15, 0.2) is 0 Å². The zero-order valence-corrected chi connectivity index (χ0v) is 9.48. The number of aromatic nitrogens is 1. The van der Waals surface area contributed by atoms with Crippen LogP contribution in [0.1, 0.15) is 0 Å². The van der Waals surface area contributed by atoms with Crippen LogP contribution in [-0.4, -0.2) is 33.7 Å². The van der Waals surface area contributed by atoms with Crippen LogP contribution in [0.3, 0.4) is 0 Å². The van der Waals surface area contributed by atoms with E-state index in [1.54, 1.807) is 6.07 Å². The zero-order chi connectivity index (χ0) is 10.6. The molecular weight excluding hydrogens is 245 g/mol. The number of thioether (sulfide) groups is 1. The van der Waals surface area contributed by atoms with Crippen LogP contribution in [0.2, 0.25) is 10.0 Å². The second-order valence-corrected chi connectivity index (χ2v) is 4.44. The van der Waals surface area contributed by atoms with Gasteiger partial charge in [-0.1, -0.05) is 23.2 Å². The molecule has 0 amide bonds. The molecule has 1 unspecified atom stereocenters. The summed E-state index contributed by atoms with van der Waals surface area (Å²) < 4.78 is 0. The van der Waals surface area contributed by atoms with Gasteiger partial charge in [0.2, 0.25) is 0 Å². The van der Waals surface area contributed by atoms with E-state index >= 15 is 0 Å². The van der Waals surface area contributed by atoms with E-state index in [2.05, 4.69) is 4.98 Å². The highest BCUT2D eigenvalue weighted by atomic mass is 35.5. The van der Waals surface area contributed by atoms with Crippen LogP contribution in [0.5, 0.6) is 0 Å². The molecular formula is C8H9Cl2NO2S. The molecule has 0 aliphatic heterocycles. The number of nitrogens with zero attached hydrogens (tertiary/aromatic N) is 1. The van der Waals surface area contributed by atoms with E-state index in [1.165, 1.54) is 18.0 Å². The number of hydrogen-bond donors (Lipinski definition) is 2. The van der Waals surface area contributed by atoms with Crippen molar-refractivity contribution < 1.29 is 10.2 Å². The SMILES string of the molecule is OCC(O)CSc1ncc(Cl)cc1Cl. The topological polar surface area (TPSA) is 53.4 Å². The summed E-state index contributed by atoms with van der Waals surface area (Å²) in [6.07, 6.45) is 0.731. The Morgan fingerprint density at radius 1 is 1.50 bits per heavy atom. The third kappa shape index (κ3) is 3.63. The van der Waals surface area contributed by atoms with Crippen LogP contribution in [-0.2, 0) is 0 Å². The predicted octanol–water partition coefficient (Wildman–Crippen LogP) is 1.83. The largest absolute Gasteiger partial charge is 0.394 e. The Labute approximate surface area is 96.1 Å². The molecule has 0 fully saturated rings. The first-order valence-corrected chi connectivity index (χ1v) is 5.60. The van der Waals surface area contributed by atoms with Gasteiger partial charge in [0.1, 0.15) is 5.03 Å². The van der Waals surface area contributed by atoms with E-state index < -0.39 is 6.10 Å². The summed E-state index contributed by atoms with van der Waals surface area (Å²) in [6.45, 7) is -0.266. The summed E-state index contributed by atoms with van der Waals surface area (Å²) in [4.78, 5) is 3.99. The fourth-order valence-electron chi connectivity index (χ4n) is 0.736. The summed E-state index contributed by atoms with van der Waals surface area (Å²) in [5.41, 5.74) is 0. The number of pyridine rings is 1. The predicted molar refractivity (Wildman–Crippen MR) is 58.1 cm³/mol. The van der Waals surface area contributed by atoms with Crippen LogP contribution in [0.4, 0.5) is 0 Å². The second kappa shape index (κ2) is 5.78. The van der Waals surface area contributed by atoms with E-state index in [1.807, 2.05) is 0 Å². The van der Waals surface area contributed by atoms with Crippen LogP contribution in [0.25, 0.3) is 0 Å². The Morgan fingerprint density at radius 2 is 2.21 bits per heavy atom. The maximum atomic E-state index is 9.10. The van der Waals surface area contributed by atoms with Gasteiger partial charge >= 0.3 is 0 Å². The van der Waals surface area contributed by atoms with E-state index in [9.17, 15) is 0 Å². The number of halogens is 2. The summed E-state index contributed by atoms with van der Waals surface area (Å²) in [7, 11) is 0. The molecule has 1 heterocycles. The minimum absolute atomic E-state index is 0.266. The number of hydrogen-bond acceptors (Lipinski definition) is 4. The van der Waals surface area contributed by atoms with Gasteiger partial charge in [-0.2, -0.15) is 0 Å². The van der Waals surface area contributed by atoms with Crippen molar-refractivity contribution in [1.29, 1.82) is 0 Å². The number of aliphatic hydroxyl groups excluding tert-OH is 2. The van der Waals surface area contributed by atoms with Gasteiger partial charge in [-0.25, -0.2) is 4.98 Å². The summed E-state index contributed by atoms with van der Waals surface area (Å²) >= 11 is 12.8. The third-order valence-electron chi connectivity index (χ3n) is 1.40. The van der Waals surface area contributed by atoms with Crippen LogP contribution >= 0.6 is 35.0 Å². The molecule has 0 spiro atoms. The molecule has 1 aromatic heterocycles. The maximum absolute atomic E-state index is 9.10. The molecule has 2 N–H and O–H groups in total. The highest BCUT2D eigenvalue weighted by Gasteiger charge is 2.07. The first-order valence-electron chi connectivity index (χ1n) is 3.86. The monoisotopic (exact) mass is 253 g/mol. The van der Waals surface area contributed by atoms with Gasteiger partial charge in [-0.05, 0) is 6.07 Å². The van der Waals surface area contributed by atoms with Crippen molar-refractivity contribution >= 4 is 35.0 Å². The molecule has 14 heavy (non-hydrogen) atoms. The fraction of sp³-hybridized carbons (Fsp3) is 0.375. The van der Waals surface area contributed by atoms with Crippen molar-refractivity contribution in [3.8, 4) is 0 Å². The van der Waals surface area contributed by atoms with Crippen molar-refractivity contribution in [3.05, 3.63) is 22.3 Å². The highest BCUT2D eigenvalue weighted by Crippen LogP contribution is 2.27. The molecule has 6 heteroatoms. The molecule has 0 radical (unpaired) electrons. The molecule has 0 aliphatic carbocycles. The smallest absolute Gasteiger partial charge is 0.115 e. The normalized spacial score (nSPS) is 12.9. The maximum Gasteiger partial charge on any atom is 0.115 e. The molecule has 1 rings (SSSR count). The lowest BCUT2D eigenvalue weighted by molar-refractivity contribution is 0.113. The molecule has 0 saturated heterocycles. The number of aliphatic hydroxyl groups is 2. The Morgan fingerprint density at radius 3 is 2.79 bits per heavy atom. The van der Waals surface area contributed by atoms with E-state index in [4.69, 9.17) is 33.4 Å². The van der Waals surface area contributed by atoms with E-state index in [0.717, 1.165) is 0 Å². The van der Waals surface area contributed by atoms with Gasteiger partial charge in [-0.3, -0.25) is 0 Å². The average Bonchev–Trinajstić information content (AvgIpc) is 2.16. The lowest BCUT2D eigenvalue weighted by Crippen LogP contribution is -2.14. The Bertz CT molecular complexity index is 311. The second-order valence-electron chi connectivity index (χ2n) is 2.59. The first-order chi connectivity index (χ1) is 6.63. The molecule has 1 atom stereocenters. The van der Waals surface area contributed by atoms with Gasteiger partial charge in [0.25, 0.3) is 0 Å². The van der Waals surface area contributed by atoms with Crippen molar-refractivity contribution in [3.63, 3.8) is 0 Å². The lowest BCUT2D eigenvalue weighted by Gasteiger charge is -2.06. The van der Waals surface area contributed by atoms with Crippen molar-refractivity contribution in [2.45, 2.75) is 11.1 Å². The summed E-state index contributed by atoms with van der Waals surface area (Å²) in [5.74, 6) is 0.352. The molecule has 1 aromatic rings. The zero-order valence-electron chi connectivity index (χ0n) is 7.15. The third-order valence-corrected chi connectivity index (χ3v) is 3.15. The summed E-state index contributed by atoms with van der Waals surface area (Å²) in [6, 6.07) is 1.59. The molecule has 0 bridgehead atoms. The van der Waals surface area contributed by atoms with Crippen molar-refractivity contribution in [2.24, 2.45) is 0 Å². The minimum atomic E-state index is -0.756. The van der Waals surface area contributed by atoms with Gasteiger partial charge in [-0.15, -0.1) is 11.8 Å². The molecule has 78 valence electrons. The molecule has 3 nitrogen and oxygen atoms in total. The minimum Gasteiger partial charge on any atom is -0.394 e. The quantitative estimate of drug-likeness (QED) is 0.805.